The van der Waals surface area contributed by atoms with E-state index < -0.39 is 0 Å². The Morgan fingerprint density at radius 2 is 2.00 bits per heavy atom. The number of benzene rings is 1. The fourth-order valence-corrected chi connectivity index (χ4v) is 1.80. The van der Waals surface area contributed by atoms with Gasteiger partial charge < -0.3 is 5.43 Å². The van der Waals surface area contributed by atoms with Gasteiger partial charge in [0.1, 0.15) is 5.82 Å². The van der Waals surface area contributed by atoms with Gasteiger partial charge in [-0.25, -0.2) is 10.2 Å². The maximum Gasteiger partial charge on any atom is 0.162 e. The molecule has 0 aliphatic heterocycles. The van der Waals surface area contributed by atoms with E-state index in [0.29, 0.717) is 16.0 Å². The van der Waals surface area contributed by atoms with E-state index in [9.17, 15) is 4.39 Å². The third kappa shape index (κ3) is 2.17. The van der Waals surface area contributed by atoms with Crippen LogP contribution in [-0.2, 0) is 0 Å². The van der Waals surface area contributed by atoms with Crippen LogP contribution in [0.4, 0.5) is 10.2 Å². The predicted octanol–water partition coefficient (Wildman–Crippen LogP) is 2.33. The van der Waals surface area contributed by atoms with Gasteiger partial charge in [-0.2, -0.15) is 0 Å². The number of nitrogens with one attached hydrogen (secondary N) is 1. The third-order valence-corrected chi connectivity index (χ3v) is 2.68. The Labute approximate surface area is 99.8 Å². The first-order valence-electron chi connectivity index (χ1n) is 4.46. The van der Waals surface area contributed by atoms with E-state index in [1.54, 1.807) is 18.2 Å². The Morgan fingerprint density at radius 3 is 2.56 bits per heavy atom. The molecule has 4 nitrogen and oxygen atoms in total. The number of aromatic nitrogens is 2. The van der Waals surface area contributed by atoms with Crippen molar-refractivity contribution in [2.75, 3.05) is 5.43 Å². The van der Waals surface area contributed by atoms with Crippen LogP contribution in [0.25, 0.3) is 11.3 Å². The summed E-state index contributed by atoms with van der Waals surface area (Å²) < 4.78 is 13.5. The van der Waals surface area contributed by atoms with Crippen molar-refractivity contribution < 1.29 is 4.39 Å². The summed E-state index contributed by atoms with van der Waals surface area (Å²) in [5.74, 6) is 5.35. The van der Waals surface area contributed by atoms with E-state index in [1.807, 2.05) is 0 Å². The van der Waals surface area contributed by atoms with Crippen molar-refractivity contribution in [2.24, 2.45) is 5.84 Å². The quantitative estimate of drug-likeness (QED) is 0.656. The fraction of sp³-hybridized carbons (Fsp3) is 0. The molecule has 0 fully saturated rings. The van der Waals surface area contributed by atoms with E-state index in [2.05, 4.69) is 31.6 Å². The molecule has 1 aromatic carbocycles. The van der Waals surface area contributed by atoms with Gasteiger partial charge in [0.05, 0.1) is 5.69 Å². The number of hydrogen-bond donors (Lipinski definition) is 2. The largest absolute Gasteiger partial charge is 0.307 e. The number of nitrogens with zero attached hydrogens (tertiary/aromatic N) is 2. The van der Waals surface area contributed by atoms with Crippen molar-refractivity contribution in [2.45, 2.75) is 0 Å². The molecule has 0 saturated heterocycles. The van der Waals surface area contributed by atoms with Gasteiger partial charge in [0, 0.05) is 10.0 Å². The molecule has 2 rings (SSSR count). The molecular weight excluding hydrogens is 275 g/mol. The normalized spacial score (nSPS) is 10.2. The zero-order valence-electron chi connectivity index (χ0n) is 8.11. The molecule has 16 heavy (non-hydrogen) atoms. The summed E-state index contributed by atoms with van der Waals surface area (Å²) in [6.45, 7) is 0. The van der Waals surface area contributed by atoms with Crippen LogP contribution >= 0.6 is 15.9 Å². The Kier molecular flexibility index (Phi) is 3.12. The minimum absolute atomic E-state index is 0.302. The first-order chi connectivity index (χ1) is 7.70. The summed E-state index contributed by atoms with van der Waals surface area (Å²) in [7, 11) is 0. The summed E-state index contributed by atoms with van der Waals surface area (Å²) in [5.41, 5.74) is 3.80. The molecular formula is C10H8BrFN4. The molecule has 0 unspecified atom stereocenters. The number of rotatable bonds is 2. The first kappa shape index (κ1) is 11.0. The predicted molar refractivity (Wildman–Crippen MR) is 62.9 cm³/mol. The Hall–Kier alpha value is -1.53. The highest BCUT2D eigenvalue weighted by Crippen LogP contribution is 2.27. The van der Waals surface area contributed by atoms with Crippen molar-refractivity contribution in [3.8, 4) is 11.3 Å². The summed E-state index contributed by atoms with van der Waals surface area (Å²) in [5, 5.41) is 7.80. The number of nitrogen functional groups attached to an aromatic ring is 1. The van der Waals surface area contributed by atoms with Crippen molar-refractivity contribution in [1.29, 1.82) is 0 Å². The smallest absolute Gasteiger partial charge is 0.162 e. The lowest BCUT2D eigenvalue weighted by atomic mass is 10.1. The second kappa shape index (κ2) is 4.54. The van der Waals surface area contributed by atoms with Crippen LogP contribution in [0, 0.1) is 5.82 Å². The molecule has 0 spiro atoms. The highest BCUT2D eigenvalue weighted by molar-refractivity contribution is 9.10. The van der Waals surface area contributed by atoms with Crippen LogP contribution in [0.3, 0.4) is 0 Å². The van der Waals surface area contributed by atoms with Gasteiger partial charge in [-0.15, -0.1) is 10.2 Å². The van der Waals surface area contributed by atoms with E-state index in [-0.39, 0.29) is 5.82 Å². The minimum atomic E-state index is -0.302. The highest BCUT2D eigenvalue weighted by atomic mass is 79.9. The second-order valence-corrected chi connectivity index (χ2v) is 3.93. The lowest BCUT2D eigenvalue weighted by Crippen LogP contribution is -2.09. The van der Waals surface area contributed by atoms with Gasteiger partial charge in [0.2, 0.25) is 0 Å². The summed E-state index contributed by atoms with van der Waals surface area (Å²) in [6.07, 6.45) is 0. The molecule has 1 aromatic heterocycles. The molecule has 0 aliphatic carbocycles. The van der Waals surface area contributed by atoms with Crippen molar-refractivity contribution in [3.05, 3.63) is 40.6 Å². The molecule has 82 valence electrons. The lowest BCUT2D eigenvalue weighted by molar-refractivity contribution is 0.627. The molecule has 0 aliphatic rings. The molecule has 2 aromatic rings. The molecule has 6 heteroatoms. The maximum absolute atomic E-state index is 12.9. The number of hydrazine groups is 1. The van der Waals surface area contributed by atoms with Gasteiger partial charge in [-0.05, 0) is 46.3 Å². The molecule has 0 atom stereocenters. The third-order valence-electron chi connectivity index (χ3n) is 2.02. The van der Waals surface area contributed by atoms with Crippen molar-refractivity contribution >= 4 is 21.7 Å². The first-order valence-corrected chi connectivity index (χ1v) is 5.26. The van der Waals surface area contributed by atoms with Gasteiger partial charge in [0.25, 0.3) is 0 Å². The number of halogens is 2. The average Bonchev–Trinajstić information content (AvgIpc) is 2.29. The zero-order chi connectivity index (χ0) is 11.5. The van der Waals surface area contributed by atoms with Crippen LogP contribution in [0.5, 0.6) is 0 Å². The SMILES string of the molecule is NNc1ccc(-c2ccc(F)cc2Br)nn1. The fourth-order valence-electron chi connectivity index (χ4n) is 1.25. The van der Waals surface area contributed by atoms with Crippen LogP contribution < -0.4 is 11.3 Å². The minimum Gasteiger partial charge on any atom is -0.307 e. The van der Waals surface area contributed by atoms with Gasteiger partial charge in [-0.1, -0.05) is 0 Å². The van der Waals surface area contributed by atoms with Gasteiger partial charge in [-0.3, -0.25) is 0 Å². The zero-order valence-corrected chi connectivity index (χ0v) is 9.70. The molecule has 0 bridgehead atoms. The maximum atomic E-state index is 12.9. The Morgan fingerprint density at radius 1 is 1.19 bits per heavy atom. The Balaban J connectivity index is 2.42. The summed E-state index contributed by atoms with van der Waals surface area (Å²) in [4.78, 5) is 0. The topological polar surface area (TPSA) is 63.8 Å². The van der Waals surface area contributed by atoms with Gasteiger partial charge in [0.15, 0.2) is 5.82 Å². The van der Waals surface area contributed by atoms with E-state index in [0.717, 1.165) is 5.56 Å². The van der Waals surface area contributed by atoms with Crippen LogP contribution in [0.1, 0.15) is 0 Å². The van der Waals surface area contributed by atoms with E-state index >= 15 is 0 Å². The highest BCUT2D eigenvalue weighted by Gasteiger charge is 2.06. The van der Waals surface area contributed by atoms with E-state index in [4.69, 9.17) is 5.84 Å². The molecule has 0 amide bonds. The van der Waals surface area contributed by atoms with Crippen molar-refractivity contribution in [1.82, 2.24) is 10.2 Å². The van der Waals surface area contributed by atoms with E-state index in [1.165, 1.54) is 12.1 Å². The standard InChI is InChI=1S/C10H8BrFN4/c11-8-5-6(12)1-2-7(8)9-3-4-10(14-13)16-15-9/h1-5H,13H2,(H,14,16). The molecule has 3 N–H and O–H groups in total. The molecule has 0 radical (unpaired) electrons. The number of hydrogen-bond acceptors (Lipinski definition) is 4. The average molecular weight is 283 g/mol. The van der Waals surface area contributed by atoms with Crippen LogP contribution in [-0.4, -0.2) is 10.2 Å². The second-order valence-electron chi connectivity index (χ2n) is 3.07. The summed E-state index contributed by atoms with van der Waals surface area (Å²) in [6, 6.07) is 7.83. The lowest BCUT2D eigenvalue weighted by Gasteiger charge is -2.04. The number of nitrogens with two attached hydrogens (primary N) is 1. The van der Waals surface area contributed by atoms with Crippen LogP contribution in [0.2, 0.25) is 0 Å². The van der Waals surface area contributed by atoms with Crippen molar-refractivity contribution in [3.63, 3.8) is 0 Å². The summed E-state index contributed by atoms with van der Waals surface area (Å²) >= 11 is 3.27. The Bertz CT molecular complexity index is 501. The molecule has 1 heterocycles. The van der Waals surface area contributed by atoms with Gasteiger partial charge >= 0.3 is 0 Å². The molecule has 0 saturated carbocycles. The van der Waals surface area contributed by atoms with Crippen LogP contribution in [0.15, 0.2) is 34.8 Å². The monoisotopic (exact) mass is 282 g/mol. The number of anilines is 1.